The summed E-state index contributed by atoms with van der Waals surface area (Å²) in [5.41, 5.74) is -0.179. The SMILES string of the molecule is CCCC1(C(=O)NCCCn2ccnc2)CCCNC1. The predicted molar refractivity (Wildman–Crippen MR) is 79.3 cm³/mol. The maximum atomic E-state index is 12.5. The quantitative estimate of drug-likeness (QED) is 0.744. The summed E-state index contributed by atoms with van der Waals surface area (Å²) in [7, 11) is 0. The number of nitrogens with one attached hydrogen (secondary N) is 2. The Kier molecular flexibility index (Phi) is 5.59. The van der Waals surface area contributed by atoms with E-state index in [2.05, 4.69) is 22.5 Å². The highest BCUT2D eigenvalue weighted by molar-refractivity contribution is 5.83. The van der Waals surface area contributed by atoms with Gasteiger partial charge in [0, 0.05) is 32.0 Å². The Bertz CT molecular complexity index is 391. The Labute approximate surface area is 121 Å². The number of nitrogens with zero attached hydrogens (tertiary/aromatic N) is 2. The second-order valence-electron chi connectivity index (χ2n) is 5.72. The molecule has 0 bridgehead atoms. The van der Waals surface area contributed by atoms with Gasteiger partial charge in [-0.2, -0.15) is 0 Å². The predicted octanol–water partition coefficient (Wildman–Crippen LogP) is 1.56. The summed E-state index contributed by atoms with van der Waals surface area (Å²) in [6.45, 7) is 5.66. The number of hydrogen-bond donors (Lipinski definition) is 2. The van der Waals surface area contributed by atoms with E-state index in [0.717, 1.165) is 58.3 Å². The standard InChI is InChI=1S/C15H26N4O/c1-2-5-15(6-3-7-16-12-15)14(20)18-8-4-10-19-11-9-17-13-19/h9,11,13,16H,2-8,10,12H2,1H3,(H,18,20). The lowest BCUT2D eigenvalue weighted by atomic mass is 9.76. The van der Waals surface area contributed by atoms with Gasteiger partial charge in [0.1, 0.15) is 0 Å². The summed E-state index contributed by atoms with van der Waals surface area (Å²) < 4.78 is 2.04. The molecule has 2 N–H and O–H groups in total. The molecule has 1 saturated heterocycles. The fourth-order valence-electron chi connectivity index (χ4n) is 3.04. The average Bonchev–Trinajstić information content (AvgIpc) is 2.98. The molecule has 1 fully saturated rings. The van der Waals surface area contributed by atoms with Crippen LogP contribution in [0.3, 0.4) is 0 Å². The van der Waals surface area contributed by atoms with Crippen molar-refractivity contribution >= 4 is 5.91 Å². The molecule has 5 nitrogen and oxygen atoms in total. The molecule has 1 amide bonds. The molecule has 2 heterocycles. The molecule has 1 atom stereocenters. The number of aryl methyl sites for hydroxylation is 1. The number of piperidine rings is 1. The van der Waals surface area contributed by atoms with E-state index < -0.39 is 0 Å². The van der Waals surface area contributed by atoms with E-state index in [4.69, 9.17) is 0 Å². The van der Waals surface area contributed by atoms with Crippen molar-refractivity contribution in [1.82, 2.24) is 20.2 Å². The summed E-state index contributed by atoms with van der Waals surface area (Å²) in [5, 5.41) is 6.51. The first kappa shape index (κ1) is 15.0. The first-order chi connectivity index (χ1) is 9.77. The lowest BCUT2D eigenvalue weighted by Gasteiger charge is -2.36. The fourth-order valence-corrected chi connectivity index (χ4v) is 3.04. The van der Waals surface area contributed by atoms with Crippen LogP contribution in [0, 0.1) is 5.41 Å². The Morgan fingerprint density at radius 2 is 2.45 bits per heavy atom. The van der Waals surface area contributed by atoms with Gasteiger partial charge < -0.3 is 15.2 Å². The molecule has 1 aliphatic heterocycles. The van der Waals surface area contributed by atoms with Gasteiger partial charge in [-0.25, -0.2) is 4.98 Å². The second kappa shape index (κ2) is 7.43. The Morgan fingerprint density at radius 1 is 1.55 bits per heavy atom. The van der Waals surface area contributed by atoms with Gasteiger partial charge in [-0.1, -0.05) is 13.3 Å². The molecule has 112 valence electrons. The molecule has 2 rings (SSSR count). The number of hydrogen-bond acceptors (Lipinski definition) is 3. The highest BCUT2D eigenvalue weighted by atomic mass is 16.2. The van der Waals surface area contributed by atoms with E-state index >= 15 is 0 Å². The van der Waals surface area contributed by atoms with Crippen LogP contribution in [0.25, 0.3) is 0 Å². The molecule has 0 aromatic carbocycles. The van der Waals surface area contributed by atoms with Crippen LogP contribution in [0.4, 0.5) is 0 Å². The van der Waals surface area contributed by atoms with Crippen LogP contribution >= 0.6 is 0 Å². The van der Waals surface area contributed by atoms with Gasteiger partial charge in [0.05, 0.1) is 11.7 Å². The van der Waals surface area contributed by atoms with Crippen LogP contribution in [0.5, 0.6) is 0 Å². The molecule has 1 aromatic rings. The first-order valence-corrected chi connectivity index (χ1v) is 7.71. The fraction of sp³-hybridized carbons (Fsp3) is 0.733. The molecule has 0 aliphatic carbocycles. The zero-order valence-corrected chi connectivity index (χ0v) is 12.4. The van der Waals surface area contributed by atoms with Crippen molar-refractivity contribution in [3.63, 3.8) is 0 Å². The van der Waals surface area contributed by atoms with Gasteiger partial charge in [-0.15, -0.1) is 0 Å². The molecule has 5 heteroatoms. The van der Waals surface area contributed by atoms with Crippen molar-refractivity contribution in [1.29, 1.82) is 0 Å². The number of aromatic nitrogens is 2. The van der Waals surface area contributed by atoms with Gasteiger partial charge in [-0.3, -0.25) is 4.79 Å². The maximum Gasteiger partial charge on any atom is 0.227 e. The van der Waals surface area contributed by atoms with E-state index in [0.29, 0.717) is 0 Å². The van der Waals surface area contributed by atoms with Crippen molar-refractivity contribution in [3.8, 4) is 0 Å². The second-order valence-corrected chi connectivity index (χ2v) is 5.72. The summed E-state index contributed by atoms with van der Waals surface area (Å²) in [5.74, 6) is 0.234. The third-order valence-electron chi connectivity index (χ3n) is 4.12. The van der Waals surface area contributed by atoms with Crippen molar-refractivity contribution in [2.45, 2.75) is 45.6 Å². The van der Waals surface area contributed by atoms with E-state index in [1.165, 1.54) is 0 Å². The summed E-state index contributed by atoms with van der Waals surface area (Å²) >= 11 is 0. The Hall–Kier alpha value is -1.36. The number of carbonyl (C=O) groups excluding carboxylic acids is 1. The van der Waals surface area contributed by atoms with Gasteiger partial charge in [0.15, 0.2) is 0 Å². The highest BCUT2D eigenvalue weighted by Gasteiger charge is 2.38. The van der Waals surface area contributed by atoms with Crippen molar-refractivity contribution in [2.75, 3.05) is 19.6 Å². The van der Waals surface area contributed by atoms with Crippen molar-refractivity contribution < 1.29 is 4.79 Å². The minimum atomic E-state index is -0.179. The minimum Gasteiger partial charge on any atom is -0.356 e. The lowest BCUT2D eigenvalue weighted by Crippen LogP contribution is -2.50. The van der Waals surface area contributed by atoms with Gasteiger partial charge in [0.2, 0.25) is 5.91 Å². The number of carbonyl (C=O) groups is 1. The monoisotopic (exact) mass is 278 g/mol. The van der Waals surface area contributed by atoms with Gasteiger partial charge in [0.25, 0.3) is 0 Å². The zero-order chi connectivity index (χ0) is 14.3. The molecule has 0 spiro atoms. The molecule has 0 saturated carbocycles. The lowest BCUT2D eigenvalue weighted by molar-refractivity contribution is -0.132. The van der Waals surface area contributed by atoms with Crippen LogP contribution in [-0.2, 0) is 11.3 Å². The summed E-state index contributed by atoms with van der Waals surface area (Å²) in [4.78, 5) is 16.5. The van der Waals surface area contributed by atoms with Gasteiger partial charge in [-0.05, 0) is 32.2 Å². The average molecular weight is 278 g/mol. The van der Waals surface area contributed by atoms with Crippen molar-refractivity contribution in [2.24, 2.45) is 5.41 Å². The summed E-state index contributed by atoms with van der Waals surface area (Å²) in [6.07, 6.45) is 10.6. The first-order valence-electron chi connectivity index (χ1n) is 7.71. The Morgan fingerprint density at radius 3 is 3.10 bits per heavy atom. The third-order valence-corrected chi connectivity index (χ3v) is 4.12. The molecule has 1 unspecified atom stereocenters. The Balaban J connectivity index is 1.76. The smallest absolute Gasteiger partial charge is 0.227 e. The molecule has 1 aromatic heterocycles. The van der Waals surface area contributed by atoms with E-state index in [-0.39, 0.29) is 11.3 Å². The maximum absolute atomic E-state index is 12.5. The van der Waals surface area contributed by atoms with E-state index in [9.17, 15) is 4.79 Å². The minimum absolute atomic E-state index is 0.179. The largest absolute Gasteiger partial charge is 0.356 e. The van der Waals surface area contributed by atoms with Crippen LogP contribution in [0.15, 0.2) is 18.7 Å². The number of rotatable bonds is 7. The van der Waals surface area contributed by atoms with Crippen LogP contribution in [0.1, 0.15) is 39.0 Å². The molecular formula is C15H26N4O. The summed E-state index contributed by atoms with van der Waals surface area (Å²) in [6, 6.07) is 0. The molecule has 1 aliphatic rings. The molecule has 0 radical (unpaired) electrons. The number of imidazole rings is 1. The van der Waals surface area contributed by atoms with Crippen LogP contribution in [-0.4, -0.2) is 35.1 Å². The van der Waals surface area contributed by atoms with E-state index in [1.54, 1.807) is 6.20 Å². The molecule has 20 heavy (non-hydrogen) atoms. The highest BCUT2D eigenvalue weighted by Crippen LogP contribution is 2.31. The third kappa shape index (κ3) is 3.82. The normalized spacial score (nSPS) is 22.6. The van der Waals surface area contributed by atoms with Crippen LogP contribution < -0.4 is 10.6 Å². The van der Waals surface area contributed by atoms with Crippen molar-refractivity contribution in [3.05, 3.63) is 18.7 Å². The van der Waals surface area contributed by atoms with Gasteiger partial charge >= 0.3 is 0 Å². The zero-order valence-electron chi connectivity index (χ0n) is 12.4. The number of amides is 1. The van der Waals surface area contributed by atoms with Crippen LogP contribution in [0.2, 0.25) is 0 Å². The van der Waals surface area contributed by atoms with E-state index in [1.807, 2.05) is 17.1 Å². The molecular weight excluding hydrogens is 252 g/mol. The topological polar surface area (TPSA) is 59.0 Å².